The number of aromatic nitrogens is 3. The van der Waals surface area contributed by atoms with Crippen molar-refractivity contribution in [3.8, 4) is 11.4 Å². The monoisotopic (exact) mass is 324 g/mol. The highest BCUT2D eigenvalue weighted by atomic mass is 32.2. The summed E-state index contributed by atoms with van der Waals surface area (Å²) in [6.07, 6.45) is 0. The van der Waals surface area contributed by atoms with Crippen LogP contribution in [-0.4, -0.2) is 26.3 Å². The zero-order chi connectivity index (χ0) is 15.8. The van der Waals surface area contributed by atoms with E-state index in [0.717, 1.165) is 22.2 Å². The molecule has 0 aliphatic carbocycles. The molecule has 0 saturated heterocycles. The van der Waals surface area contributed by atoms with Crippen molar-refractivity contribution in [2.75, 3.05) is 5.75 Å². The van der Waals surface area contributed by atoms with Gasteiger partial charge in [0.25, 0.3) is 0 Å². The Morgan fingerprint density at radius 3 is 2.65 bits per heavy atom. The van der Waals surface area contributed by atoms with Crippen LogP contribution in [0, 0.1) is 12.7 Å². The van der Waals surface area contributed by atoms with Crippen molar-refractivity contribution in [2.24, 2.45) is 5.10 Å². The van der Waals surface area contributed by atoms with Crippen LogP contribution in [0.25, 0.3) is 11.4 Å². The zero-order valence-electron chi connectivity index (χ0n) is 12.4. The molecule has 0 bridgehead atoms. The smallest absolute Gasteiger partial charge is 0.207 e. The number of rotatable bonds is 2. The Labute approximate surface area is 137 Å². The van der Waals surface area contributed by atoms with E-state index in [1.165, 1.54) is 17.7 Å². The molecule has 3 aromatic rings. The first-order valence-electron chi connectivity index (χ1n) is 7.20. The lowest BCUT2D eigenvalue weighted by Crippen LogP contribution is -2.13. The summed E-state index contributed by atoms with van der Waals surface area (Å²) in [4.78, 5) is 0. The second-order valence-corrected chi connectivity index (χ2v) is 6.27. The van der Waals surface area contributed by atoms with Gasteiger partial charge in [-0.05, 0) is 24.6 Å². The van der Waals surface area contributed by atoms with Gasteiger partial charge in [0.15, 0.2) is 5.82 Å². The molecule has 4 nitrogen and oxygen atoms in total. The summed E-state index contributed by atoms with van der Waals surface area (Å²) in [5.74, 6) is 0.993. The van der Waals surface area contributed by atoms with Crippen molar-refractivity contribution in [1.82, 2.24) is 14.9 Å². The second kappa shape index (κ2) is 5.62. The van der Waals surface area contributed by atoms with Gasteiger partial charge in [-0.25, -0.2) is 4.39 Å². The van der Waals surface area contributed by atoms with Crippen molar-refractivity contribution in [3.05, 3.63) is 65.5 Å². The SMILES string of the molecule is Cc1ccc(C2=Nn3c(nnc3-c3cccc(F)c3)SC2)cc1. The van der Waals surface area contributed by atoms with Crippen LogP contribution in [-0.2, 0) is 0 Å². The van der Waals surface area contributed by atoms with Crippen LogP contribution in [0.3, 0.4) is 0 Å². The van der Waals surface area contributed by atoms with Crippen LogP contribution < -0.4 is 0 Å². The summed E-state index contributed by atoms with van der Waals surface area (Å²) in [5, 5.41) is 13.7. The number of thioether (sulfide) groups is 1. The molecule has 2 aromatic carbocycles. The fourth-order valence-corrected chi connectivity index (χ4v) is 3.26. The third-order valence-electron chi connectivity index (χ3n) is 3.64. The first kappa shape index (κ1) is 14.1. The second-order valence-electron chi connectivity index (χ2n) is 5.33. The average molecular weight is 324 g/mol. The highest BCUT2D eigenvalue weighted by molar-refractivity contribution is 7.99. The predicted molar refractivity (Wildman–Crippen MR) is 89.3 cm³/mol. The minimum atomic E-state index is -0.300. The maximum absolute atomic E-state index is 13.5. The molecule has 6 heteroatoms. The van der Waals surface area contributed by atoms with Gasteiger partial charge in [-0.15, -0.1) is 10.2 Å². The van der Waals surface area contributed by atoms with Gasteiger partial charge in [-0.2, -0.15) is 9.78 Å². The molecule has 0 unspecified atom stereocenters. The van der Waals surface area contributed by atoms with Gasteiger partial charge in [-0.3, -0.25) is 0 Å². The van der Waals surface area contributed by atoms with Crippen LogP contribution >= 0.6 is 11.8 Å². The molecule has 1 aliphatic rings. The Hall–Kier alpha value is -2.47. The first-order valence-corrected chi connectivity index (χ1v) is 8.18. The quantitative estimate of drug-likeness (QED) is 0.721. The molecule has 0 radical (unpaired) electrons. The van der Waals surface area contributed by atoms with Crippen LogP contribution in [0.1, 0.15) is 11.1 Å². The minimum absolute atomic E-state index is 0.300. The molecule has 1 aromatic heterocycles. The van der Waals surface area contributed by atoms with Gasteiger partial charge >= 0.3 is 0 Å². The minimum Gasteiger partial charge on any atom is -0.207 e. The number of hydrogen-bond donors (Lipinski definition) is 0. The highest BCUT2D eigenvalue weighted by Gasteiger charge is 2.20. The van der Waals surface area contributed by atoms with Gasteiger partial charge in [-0.1, -0.05) is 53.7 Å². The summed E-state index contributed by atoms with van der Waals surface area (Å²) in [5.41, 5.74) is 3.91. The Morgan fingerprint density at radius 2 is 1.87 bits per heavy atom. The number of aryl methyl sites for hydroxylation is 1. The van der Waals surface area contributed by atoms with Crippen molar-refractivity contribution in [1.29, 1.82) is 0 Å². The van der Waals surface area contributed by atoms with Gasteiger partial charge in [0, 0.05) is 11.3 Å². The lowest BCUT2D eigenvalue weighted by molar-refractivity contribution is 0.628. The molecule has 1 aliphatic heterocycles. The standard InChI is InChI=1S/C17H13FN4S/c1-11-5-7-12(8-6-11)15-10-23-17-20-19-16(22(17)21-15)13-3-2-4-14(18)9-13/h2-9H,10H2,1H3. The van der Waals surface area contributed by atoms with Crippen molar-refractivity contribution >= 4 is 17.5 Å². The van der Waals surface area contributed by atoms with Crippen molar-refractivity contribution < 1.29 is 4.39 Å². The lowest BCUT2D eigenvalue weighted by Gasteiger charge is -2.14. The summed E-state index contributed by atoms with van der Waals surface area (Å²) in [7, 11) is 0. The highest BCUT2D eigenvalue weighted by Crippen LogP contribution is 2.28. The number of benzene rings is 2. The van der Waals surface area contributed by atoms with Crippen LogP contribution in [0.4, 0.5) is 4.39 Å². The van der Waals surface area contributed by atoms with E-state index in [9.17, 15) is 4.39 Å². The number of hydrogen-bond acceptors (Lipinski definition) is 4. The fraction of sp³-hybridized carbons (Fsp3) is 0.118. The molecular weight excluding hydrogens is 311 g/mol. The molecular formula is C17H13FN4S. The van der Waals surface area contributed by atoms with Crippen LogP contribution in [0.5, 0.6) is 0 Å². The molecule has 0 saturated carbocycles. The third-order valence-corrected chi connectivity index (χ3v) is 4.57. The topological polar surface area (TPSA) is 43.1 Å². The van der Waals surface area contributed by atoms with E-state index in [2.05, 4.69) is 46.5 Å². The third kappa shape index (κ3) is 2.66. The Morgan fingerprint density at radius 1 is 1.04 bits per heavy atom. The molecule has 0 N–H and O–H groups in total. The van der Waals surface area contributed by atoms with Gasteiger partial charge in [0.2, 0.25) is 5.16 Å². The van der Waals surface area contributed by atoms with E-state index < -0.39 is 0 Å². The Bertz CT molecular complexity index is 899. The largest absolute Gasteiger partial charge is 0.212 e. The van der Waals surface area contributed by atoms with Gasteiger partial charge < -0.3 is 0 Å². The fourth-order valence-electron chi connectivity index (χ4n) is 2.42. The summed E-state index contributed by atoms with van der Waals surface area (Å²) < 4.78 is 15.2. The van der Waals surface area contributed by atoms with Crippen molar-refractivity contribution in [2.45, 2.75) is 12.1 Å². The molecule has 4 rings (SSSR count). The summed E-state index contributed by atoms with van der Waals surface area (Å²) >= 11 is 1.58. The number of fused-ring (bicyclic) bond motifs is 1. The van der Waals surface area contributed by atoms with E-state index in [0.29, 0.717) is 11.4 Å². The molecule has 0 spiro atoms. The van der Waals surface area contributed by atoms with E-state index >= 15 is 0 Å². The summed E-state index contributed by atoms with van der Waals surface area (Å²) in [6, 6.07) is 14.6. The van der Waals surface area contributed by atoms with E-state index in [1.54, 1.807) is 28.6 Å². The predicted octanol–water partition coefficient (Wildman–Crippen LogP) is 3.75. The van der Waals surface area contributed by atoms with E-state index in [1.807, 2.05) is 0 Å². The molecule has 23 heavy (non-hydrogen) atoms. The normalized spacial score (nSPS) is 13.6. The van der Waals surface area contributed by atoms with E-state index in [-0.39, 0.29) is 5.82 Å². The number of nitrogens with zero attached hydrogens (tertiary/aromatic N) is 4. The van der Waals surface area contributed by atoms with Crippen LogP contribution in [0.15, 0.2) is 58.8 Å². The molecule has 0 amide bonds. The van der Waals surface area contributed by atoms with Gasteiger partial charge in [0.1, 0.15) is 5.82 Å². The Kier molecular flexibility index (Phi) is 3.46. The molecule has 2 heterocycles. The van der Waals surface area contributed by atoms with Gasteiger partial charge in [0.05, 0.1) is 5.71 Å². The zero-order valence-corrected chi connectivity index (χ0v) is 13.2. The molecule has 0 atom stereocenters. The summed E-state index contributed by atoms with van der Waals surface area (Å²) in [6.45, 7) is 2.06. The van der Waals surface area contributed by atoms with E-state index in [4.69, 9.17) is 0 Å². The molecule has 114 valence electrons. The first-order chi connectivity index (χ1) is 11.2. The maximum atomic E-state index is 13.5. The maximum Gasteiger partial charge on any atom is 0.212 e. The lowest BCUT2D eigenvalue weighted by atomic mass is 10.1. The Balaban J connectivity index is 1.79. The molecule has 0 fully saturated rings. The van der Waals surface area contributed by atoms with Crippen LogP contribution in [0.2, 0.25) is 0 Å². The number of halogens is 1. The van der Waals surface area contributed by atoms with Crippen molar-refractivity contribution in [3.63, 3.8) is 0 Å². The average Bonchev–Trinajstić information content (AvgIpc) is 2.98.